The molecule has 2 rings (SSSR count). The topological polar surface area (TPSA) is 67.5 Å². The third-order valence-electron chi connectivity index (χ3n) is 3.18. The molecule has 1 atom stereocenters. The van der Waals surface area contributed by atoms with Crippen molar-refractivity contribution >= 4 is 0 Å². The Morgan fingerprint density at radius 1 is 1.56 bits per heavy atom. The minimum Gasteiger partial charge on any atom is -0.389 e. The first-order chi connectivity index (χ1) is 8.74. The normalized spacial score (nSPS) is 18.3. The molecule has 18 heavy (non-hydrogen) atoms. The molecule has 102 valence electrons. The third-order valence-corrected chi connectivity index (χ3v) is 3.18. The molecule has 0 aliphatic heterocycles. The highest BCUT2D eigenvalue weighted by Crippen LogP contribution is 2.20. The van der Waals surface area contributed by atoms with Gasteiger partial charge >= 0.3 is 0 Å². The smallest absolute Gasteiger partial charge is 0.150 e. The van der Waals surface area contributed by atoms with E-state index < -0.39 is 6.10 Å². The van der Waals surface area contributed by atoms with Gasteiger partial charge in [0.2, 0.25) is 0 Å². The van der Waals surface area contributed by atoms with E-state index in [0.717, 1.165) is 24.3 Å². The van der Waals surface area contributed by atoms with Crippen molar-refractivity contribution in [2.75, 3.05) is 13.2 Å². The predicted molar refractivity (Wildman–Crippen MR) is 67.2 cm³/mol. The molecular weight excluding hydrogens is 232 g/mol. The lowest BCUT2D eigenvalue weighted by molar-refractivity contribution is -0.00563. The number of aromatic nitrogens is 1. The van der Waals surface area contributed by atoms with Crippen molar-refractivity contribution in [3.05, 3.63) is 17.5 Å². The van der Waals surface area contributed by atoms with Crippen molar-refractivity contribution in [1.82, 2.24) is 10.5 Å². The maximum Gasteiger partial charge on any atom is 0.150 e. The van der Waals surface area contributed by atoms with Gasteiger partial charge in [0.25, 0.3) is 0 Å². The standard InChI is InChI=1S/C13H22N2O3/c1-10-6-13(18-15-10)8-14-7-11(16)9-17-12-4-2-3-5-12/h6,11-12,14,16H,2-5,7-9H2,1H3. The van der Waals surface area contributed by atoms with Crippen LogP contribution in [-0.2, 0) is 11.3 Å². The lowest BCUT2D eigenvalue weighted by Gasteiger charge is -2.15. The lowest BCUT2D eigenvalue weighted by Crippen LogP contribution is -2.31. The number of hydrogen-bond acceptors (Lipinski definition) is 5. The van der Waals surface area contributed by atoms with Crippen LogP contribution in [0.1, 0.15) is 37.1 Å². The van der Waals surface area contributed by atoms with E-state index in [0.29, 0.717) is 25.8 Å². The fourth-order valence-electron chi connectivity index (χ4n) is 2.22. The summed E-state index contributed by atoms with van der Waals surface area (Å²) < 4.78 is 10.7. The van der Waals surface area contributed by atoms with E-state index in [4.69, 9.17) is 9.26 Å². The second kappa shape index (κ2) is 6.87. The fraction of sp³-hybridized carbons (Fsp3) is 0.769. The molecule has 0 amide bonds. The summed E-state index contributed by atoms with van der Waals surface area (Å²) in [4.78, 5) is 0. The van der Waals surface area contributed by atoms with Crippen LogP contribution in [0.3, 0.4) is 0 Å². The highest BCUT2D eigenvalue weighted by molar-refractivity contribution is 5.02. The molecule has 0 aromatic carbocycles. The van der Waals surface area contributed by atoms with Crippen LogP contribution in [0.2, 0.25) is 0 Å². The molecule has 1 aromatic heterocycles. The first kappa shape index (κ1) is 13.5. The maximum atomic E-state index is 9.76. The Hall–Kier alpha value is -0.910. The third kappa shape index (κ3) is 4.40. The van der Waals surface area contributed by atoms with E-state index in [-0.39, 0.29) is 0 Å². The van der Waals surface area contributed by atoms with Crippen molar-refractivity contribution in [1.29, 1.82) is 0 Å². The van der Waals surface area contributed by atoms with Crippen LogP contribution in [0.5, 0.6) is 0 Å². The number of aliphatic hydroxyl groups is 1. The van der Waals surface area contributed by atoms with Gasteiger partial charge in [-0.2, -0.15) is 0 Å². The van der Waals surface area contributed by atoms with Crippen LogP contribution in [0, 0.1) is 6.92 Å². The van der Waals surface area contributed by atoms with Gasteiger partial charge in [-0.15, -0.1) is 0 Å². The van der Waals surface area contributed by atoms with E-state index >= 15 is 0 Å². The number of aryl methyl sites for hydroxylation is 1. The van der Waals surface area contributed by atoms with Crippen LogP contribution in [0.25, 0.3) is 0 Å². The number of nitrogens with one attached hydrogen (secondary N) is 1. The summed E-state index contributed by atoms with van der Waals surface area (Å²) in [6, 6.07) is 1.88. The number of hydrogen-bond donors (Lipinski definition) is 2. The van der Waals surface area contributed by atoms with E-state index in [1.165, 1.54) is 12.8 Å². The van der Waals surface area contributed by atoms with Crippen molar-refractivity contribution in [2.45, 2.75) is 51.4 Å². The molecule has 1 unspecified atom stereocenters. The average Bonchev–Trinajstić information content (AvgIpc) is 2.98. The lowest BCUT2D eigenvalue weighted by atomic mass is 10.3. The van der Waals surface area contributed by atoms with E-state index in [1.807, 2.05) is 13.0 Å². The molecule has 0 spiro atoms. The van der Waals surface area contributed by atoms with Gasteiger partial charge < -0.3 is 19.7 Å². The van der Waals surface area contributed by atoms with E-state index in [2.05, 4.69) is 10.5 Å². The Labute approximate surface area is 107 Å². The molecule has 5 nitrogen and oxygen atoms in total. The van der Waals surface area contributed by atoms with Gasteiger partial charge in [-0.1, -0.05) is 18.0 Å². The zero-order valence-corrected chi connectivity index (χ0v) is 10.9. The Bertz CT molecular complexity index is 348. The summed E-state index contributed by atoms with van der Waals surface area (Å²) in [6.07, 6.45) is 4.68. The van der Waals surface area contributed by atoms with Gasteiger partial charge in [0.05, 0.1) is 31.1 Å². The molecule has 0 bridgehead atoms. The summed E-state index contributed by atoms with van der Waals surface area (Å²) in [6.45, 7) is 3.39. The van der Waals surface area contributed by atoms with Crippen molar-refractivity contribution in [2.24, 2.45) is 0 Å². The van der Waals surface area contributed by atoms with Crippen molar-refractivity contribution in [3.63, 3.8) is 0 Å². The summed E-state index contributed by atoms with van der Waals surface area (Å²) in [7, 11) is 0. The molecule has 0 radical (unpaired) electrons. The largest absolute Gasteiger partial charge is 0.389 e. The van der Waals surface area contributed by atoms with E-state index in [9.17, 15) is 5.11 Å². The van der Waals surface area contributed by atoms with Crippen LogP contribution in [0.4, 0.5) is 0 Å². The van der Waals surface area contributed by atoms with E-state index in [1.54, 1.807) is 0 Å². The van der Waals surface area contributed by atoms with Gasteiger partial charge in [0, 0.05) is 12.6 Å². The minimum atomic E-state index is -0.463. The summed E-state index contributed by atoms with van der Waals surface area (Å²) >= 11 is 0. The maximum absolute atomic E-state index is 9.76. The molecule has 0 saturated heterocycles. The number of aliphatic hydroxyl groups excluding tert-OH is 1. The van der Waals surface area contributed by atoms with Gasteiger partial charge in [-0.3, -0.25) is 0 Å². The quantitative estimate of drug-likeness (QED) is 0.769. The van der Waals surface area contributed by atoms with Crippen molar-refractivity contribution < 1.29 is 14.4 Å². The minimum absolute atomic E-state index is 0.358. The fourth-order valence-corrected chi connectivity index (χ4v) is 2.22. The Morgan fingerprint density at radius 3 is 3.00 bits per heavy atom. The second-order valence-corrected chi connectivity index (χ2v) is 4.96. The zero-order valence-electron chi connectivity index (χ0n) is 10.9. The number of nitrogens with zero attached hydrogens (tertiary/aromatic N) is 1. The van der Waals surface area contributed by atoms with Gasteiger partial charge in [0.1, 0.15) is 0 Å². The van der Waals surface area contributed by atoms with Crippen LogP contribution in [0.15, 0.2) is 10.6 Å². The molecule has 1 aliphatic rings. The first-order valence-electron chi connectivity index (χ1n) is 6.66. The molecule has 1 heterocycles. The SMILES string of the molecule is Cc1cc(CNCC(O)COC2CCCC2)on1. The molecule has 1 fully saturated rings. The average molecular weight is 254 g/mol. The highest BCUT2D eigenvalue weighted by Gasteiger charge is 2.16. The Kier molecular flexibility index (Phi) is 5.16. The monoisotopic (exact) mass is 254 g/mol. The first-order valence-corrected chi connectivity index (χ1v) is 6.66. The van der Waals surface area contributed by atoms with Crippen LogP contribution in [-0.4, -0.2) is 35.6 Å². The predicted octanol–water partition coefficient (Wildman–Crippen LogP) is 1.39. The summed E-state index contributed by atoms with van der Waals surface area (Å²) in [5.74, 6) is 0.788. The molecular formula is C13H22N2O3. The van der Waals surface area contributed by atoms with Gasteiger partial charge in [0.15, 0.2) is 5.76 Å². The summed E-state index contributed by atoms with van der Waals surface area (Å²) in [5.41, 5.74) is 0.872. The molecule has 2 N–H and O–H groups in total. The molecule has 5 heteroatoms. The number of rotatable bonds is 7. The molecule has 1 aliphatic carbocycles. The van der Waals surface area contributed by atoms with Gasteiger partial charge in [-0.25, -0.2) is 0 Å². The van der Waals surface area contributed by atoms with Gasteiger partial charge in [-0.05, 0) is 19.8 Å². The number of ether oxygens (including phenoxy) is 1. The highest BCUT2D eigenvalue weighted by atomic mass is 16.5. The Morgan fingerprint density at radius 2 is 2.33 bits per heavy atom. The van der Waals surface area contributed by atoms with Crippen LogP contribution < -0.4 is 5.32 Å². The Balaban J connectivity index is 1.55. The molecule has 1 aromatic rings. The molecule has 1 saturated carbocycles. The second-order valence-electron chi connectivity index (χ2n) is 4.96. The summed E-state index contributed by atoms with van der Waals surface area (Å²) in [5, 5.41) is 16.7. The van der Waals surface area contributed by atoms with Crippen molar-refractivity contribution in [3.8, 4) is 0 Å². The zero-order chi connectivity index (χ0) is 12.8. The van der Waals surface area contributed by atoms with Crippen LogP contribution >= 0.6 is 0 Å².